The van der Waals surface area contributed by atoms with Crippen molar-refractivity contribution in [1.29, 1.82) is 0 Å². The summed E-state index contributed by atoms with van der Waals surface area (Å²) in [5.41, 5.74) is 1.14. The molecule has 0 bridgehead atoms. The van der Waals surface area contributed by atoms with Crippen LogP contribution in [0.5, 0.6) is 0 Å². The van der Waals surface area contributed by atoms with Crippen molar-refractivity contribution in [1.82, 2.24) is 10.1 Å². The summed E-state index contributed by atoms with van der Waals surface area (Å²) in [6.07, 6.45) is 2.23. The number of aromatic nitrogens is 2. The summed E-state index contributed by atoms with van der Waals surface area (Å²) < 4.78 is 12.0. The molecule has 0 amide bonds. The van der Waals surface area contributed by atoms with Crippen LogP contribution in [0.2, 0.25) is 0 Å². The number of nitrogens with zero attached hydrogens (tertiary/aromatic N) is 8. The van der Waals surface area contributed by atoms with Crippen molar-refractivity contribution in [2.24, 2.45) is 47.7 Å². The van der Waals surface area contributed by atoms with E-state index in [4.69, 9.17) is 5.89 Å². The number of hydrogen-bond acceptors (Lipinski definition) is 9. The van der Waals surface area contributed by atoms with E-state index in [2.05, 4.69) is 67.8 Å². The molecule has 9 nitrogen and oxygen atoms in total. The van der Waals surface area contributed by atoms with Crippen LogP contribution < -0.4 is 0 Å². The van der Waals surface area contributed by atoms with Crippen molar-refractivity contribution in [2.75, 3.05) is 19.6 Å². The minimum atomic E-state index is 0.339. The second-order valence-corrected chi connectivity index (χ2v) is 9.28. The van der Waals surface area contributed by atoms with Gasteiger partial charge in [-0.15, -0.1) is 0 Å². The van der Waals surface area contributed by atoms with E-state index < -0.39 is 0 Å². The summed E-state index contributed by atoms with van der Waals surface area (Å²) in [5, 5.41) is 3.65. The lowest BCUT2D eigenvalue weighted by molar-refractivity contribution is 0.362. The Balaban J connectivity index is 0.000000234. The zero-order chi connectivity index (χ0) is 26.5. The first-order valence-electron chi connectivity index (χ1n) is 12.4. The highest BCUT2D eigenvalue weighted by Gasteiger charge is 2.08. The zero-order valence-electron chi connectivity index (χ0n) is 23.5. The minimum absolute atomic E-state index is 0.339. The van der Waals surface area contributed by atoms with E-state index in [1.807, 2.05) is 47.8 Å². The minimum Gasteiger partial charge on any atom is -0.339 e. The normalized spacial score (nSPS) is 16.6. The summed E-state index contributed by atoms with van der Waals surface area (Å²) >= 11 is 0. The first kappa shape index (κ1) is 27.4. The van der Waals surface area contributed by atoms with Crippen LogP contribution in [0.3, 0.4) is 0 Å². The Morgan fingerprint density at radius 1 is 0.765 bits per heavy atom. The molecule has 1 aromatic heterocycles. The van der Waals surface area contributed by atoms with E-state index in [0.29, 0.717) is 48.1 Å². The van der Waals surface area contributed by atoms with Gasteiger partial charge in [-0.1, -0.05) is 60.5 Å². The lowest BCUT2D eigenvalue weighted by Crippen LogP contribution is -2.00. The highest BCUT2D eigenvalue weighted by molar-refractivity contribution is 6.03. The second kappa shape index (κ2) is 15.1. The van der Waals surface area contributed by atoms with E-state index in [-0.39, 0.29) is 0 Å². The van der Waals surface area contributed by atoms with E-state index in [1.54, 1.807) is 0 Å². The van der Waals surface area contributed by atoms with Gasteiger partial charge >= 0.3 is 0 Å². The monoisotopic (exact) mass is 471 g/mol. The lowest BCUT2D eigenvalue weighted by atomic mass is 10.2. The molecule has 0 spiro atoms. The van der Waals surface area contributed by atoms with Gasteiger partial charge in [0.15, 0.2) is 5.82 Å². The third-order valence-electron chi connectivity index (χ3n) is 4.43. The predicted molar refractivity (Wildman–Crippen MR) is 145 cm³/mol. The highest BCUT2D eigenvalue weighted by atomic mass is 16.5. The quantitative estimate of drug-likeness (QED) is 0.596. The van der Waals surface area contributed by atoms with Crippen LogP contribution >= 0.6 is 0 Å². The molecule has 188 valence electrons. The van der Waals surface area contributed by atoms with Gasteiger partial charge in [-0.2, -0.15) is 4.98 Å². The maximum Gasteiger partial charge on any atom is 0.229 e. The van der Waals surface area contributed by atoms with E-state index in [9.17, 15) is 0 Å². The molecule has 1 aromatic rings. The fourth-order valence-corrected chi connectivity index (χ4v) is 2.54. The van der Waals surface area contributed by atoms with Gasteiger partial charge < -0.3 is 4.52 Å². The van der Waals surface area contributed by atoms with E-state index in [1.165, 1.54) is 0 Å². The number of hydrogen-bond donors (Lipinski definition) is 0. The molecule has 34 heavy (non-hydrogen) atoms. The molecular formula is C25H42N8O. The fourth-order valence-electron chi connectivity index (χ4n) is 2.54. The molecule has 0 atom stereocenters. The summed E-state index contributed by atoms with van der Waals surface area (Å²) in [6, 6.07) is 0. The van der Waals surface area contributed by atoms with Crippen LogP contribution in [-0.2, 0) is 0 Å². The molecule has 0 N–H and O–H groups in total. The second-order valence-electron chi connectivity index (χ2n) is 9.28. The average molecular weight is 472 g/mol. The Hall–Kier alpha value is -2.84. The van der Waals surface area contributed by atoms with Gasteiger partial charge in [-0.25, -0.2) is 15.0 Å². The summed E-state index contributed by atoms with van der Waals surface area (Å²) in [4.78, 5) is 28.7. The third-order valence-corrected chi connectivity index (χ3v) is 4.43. The molecule has 9 heteroatoms. The molecule has 0 aromatic carbocycles. The molecule has 0 fully saturated rings. The lowest BCUT2D eigenvalue weighted by Gasteiger charge is -1.97. The number of aryl methyl sites for hydroxylation is 1. The first-order valence-corrected chi connectivity index (χ1v) is 11.9. The molecule has 3 aliphatic heterocycles. The van der Waals surface area contributed by atoms with Crippen LogP contribution in [0, 0.1) is 24.7 Å². The SMILES string of the molecule is CC(C)C1=NCC=N1.CC1=NC(C(C)C)=NC1.Cc1noc(C(C)C)n1.[2H]C1=NC(C(C)C)=NC1. The smallest absolute Gasteiger partial charge is 0.229 e. The number of rotatable bonds is 4. The van der Waals surface area contributed by atoms with Gasteiger partial charge in [-0.05, 0) is 13.8 Å². The topological polar surface area (TPSA) is 113 Å². The Labute approximate surface area is 206 Å². The van der Waals surface area contributed by atoms with Gasteiger partial charge in [0.2, 0.25) is 5.89 Å². The van der Waals surface area contributed by atoms with Crippen molar-refractivity contribution < 1.29 is 5.89 Å². The summed E-state index contributed by atoms with van der Waals surface area (Å²) in [5.74, 6) is 5.93. The van der Waals surface area contributed by atoms with E-state index >= 15 is 0 Å². The molecule has 0 radical (unpaired) electrons. The maximum absolute atomic E-state index is 7.09. The molecule has 0 saturated heterocycles. The van der Waals surface area contributed by atoms with Gasteiger partial charge in [-0.3, -0.25) is 15.0 Å². The number of aliphatic imine (C=N–C) groups is 6. The van der Waals surface area contributed by atoms with Gasteiger partial charge in [0.05, 0.1) is 21.0 Å². The molecular weight excluding hydrogens is 428 g/mol. The van der Waals surface area contributed by atoms with Crippen molar-refractivity contribution in [3.63, 3.8) is 0 Å². The third kappa shape index (κ3) is 11.3. The van der Waals surface area contributed by atoms with Crippen molar-refractivity contribution >= 4 is 35.6 Å². The van der Waals surface area contributed by atoms with Gasteiger partial charge in [0.1, 0.15) is 17.5 Å². The molecule has 0 saturated carbocycles. The van der Waals surface area contributed by atoms with Crippen LogP contribution in [0.4, 0.5) is 0 Å². The van der Waals surface area contributed by atoms with E-state index in [0.717, 1.165) is 36.3 Å². The van der Waals surface area contributed by atoms with Crippen molar-refractivity contribution in [3.8, 4) is 0 Å². The molecule has 3 aliphatic rings. The predicted octanol–water partition coefficient (Wildman–Crippen LogP) is 5.27. The van der Waals surface area contributed by atoms with Gasteiger partial charge in [0.25, 0.3) is 0 Å². The van der Waals surface area contributed by atoms with Crippen LogP contribution in [-0.4, -0.2) is 65.4 Å². The Morgan fingerprint density at radius 3 is 1.59 bits per heavy atom. The first-order chi connectivity index (χ1) is 16.4. The Kier molecular flexibility index (Phi) is 12.2. The standard InChI is InChI=1S/C7H12N2.C6H10N2O.2C6H10N2/c1-5(2)7-8-4-6(3)9-7;1-4(2)6-7-5(3)8-9-6;2*1-5(2)6-7-3-4-8-6/h5H,4H2,1-3H3;4H,1-3H3;2*3,5H,4H2,1-2H3/i;;3D;. The number of amidine groups is 3. The van der Waals surface area contributed by atoms with Crippen molar-refractivity contribution in [2.45, 2.75) is 75.2 Å². The van der Waals surface area contributed by atoms with Crippen LogP contribution in [0.1, 0.15) is 81.3 Å². The van der Waals surface area contributed by atoms with Crippen LogP contribution in [0.25, 0.3) is 0 Å². The Bertz CT molecular complexity index is 941. The summed E-state index contributed by atoms with van der Waals surface area (Å²) in [6.45, 7) is 22.4. The molecule has 0 aliphatic carbocycles. The molecule has 0 unspecified atom stereocenters. The molecule has 4 rings (SSSR count). The highest BCUT2D eigenvalue weighted by Crippen LogP contribution is 2.09. The maximum atomic E-state index is 7.09. The fraction of sp³-hybridized carbons (Fsp3) is 0.680. The average Bonchev–Trinajstić information content (AvgIpc) is 3.57. The largest absolute Gasteiger partial charge is 0.339 e. The van der Waals surface area contributed by atoms with Crippen LogP contribution in [0.15, 0.2) is 34.5 Å². The Morgan fingerprint density at radius 2 is 1.35 bits per heavy atom. The van der Waals surface area contributed by atoms with Crippen molar-refractivity contribution in [3.05, 3.63) is 11.7 Å². The zero-order valence-corrected chi connectivity index (χ0v) is 22.5. The summed E-state index contributed by atoms with van der Waals surface area (Å²) in [7, 11) is 0. The van der Waals surface area contributed by atoms with Gasteiger partial charge in [0, 0.05) is 41.8 Å². The molecule has 4 heterocycles.